The van der Waals surface area contributed by atoms with Crippen molar-refractivity contribution in [3.05, 3.63) is 71.9 Å². The Morgan fingerprint density at radius 1 is 1.12 bits per heavy atom. The third kappa shape index (κ3) is 3.20. The molecular weight excluding hydrogens is 328 g/mol. The van der Waals surface area contributed by atoms with E-state index in [1.165, 1.54) is 0 Å². The molecule has 5 nitrogen and oxygen atoms in total. The van der Waals surface area contributed by atoms with Crippen molar-refractivity contribution in [2.75, 3.05) is 0 Å². The highest BCUT2D eigenvalue weighted by Crippen LogP contribution is 2.47. The number of H-pyrrole nitrogens is 1. The van der Waals surface area contributed by atoms with Crippen LogP contribution in [0.5, 0.6) is 0 Å². The van der Waals surface area contributed by atoms with Gasteiger partial charge in [0.05, 0.1) is 0 Å². The molecule has 2 unspecified atom stereocenters. The molecule has 4 rings (SSSR count). The Morgan fingerprint density at radius 2 is 1.85 bits per heavy atom. The predicted octanol–water partition coefficient (Wildman–Crippen LogP) is 3.08. The van der Waals surface area contributed by atoms with E-state index >= 15 is 0 Å². The van der Waals surface area contributed by atoms with Crippen LogP contribution in [-0.2, 0) is 16.0 Å². The number of aromatic nitrogens is 1. The van der Waals surface area contributed by atoms with Crippen LogP contribution in [0.15, 0.2) is 60.8 Å². The van der Waals surface area contributed by atoms with Gasteiger partial charge in [-0.05, 0) is 29.5 Å². The average molecular weight is 348 g/mol. The summed E-state index contributed by atoms with van der Waals surface area (Å²) in [6.07, 6.45) is 2.85. The largest absolute Gasteiger partial charge is 0.480 e. The Kier molecular flexibility index (Phi) is 4.21. The van der Waals surface area contributed by atoms with Gasteiger partial charge in [0.15, 0.2) is 0 Å². The van der Waals surface area contributed by atoms with E-state index in [0.717, 1.165) is 28.5 Å². The van der Waals surface area contributed by atoms with Gasteiger partial charge in [-0.3, -0.25) is 4.79 Å². The standard InChI is InChI=1S/C21H20N2O3/c24-20(17-11-16(17)13-6-2-1-3-7-13)23-19(21(25)26)10-14-12-22-18-9-5-4-8-15(14)18/h1-9,12,16-17,19,22H,10-11H2,(H,23,24)(H,25,26)/t16?,17?,19-/m0/s1. The van der Waals surface area contributed by atoms with Crippen molar-refractivity contribution in [1.82, 2.24) is 10.3 Å². The number of rotatable bonds is 6. The van der Waals surface area contributed by atoms with Crippen LogP contribution in [0.2, 0.25) is 0 Å². The van der Waals surface area contributed by atoms with Crippen LogP contribution in [-0.4, -0.2) is 28.0 Å². The smallest absolute Gasteiger partial charge is 0.326 e. The average Bonchev–Trinajstić information content (AvgIpc) is 3.37. The number of nitrogens with one attached hydrogen (secondary N) is 2. The van der Waals surface area contributed by atoms with E-state index in [2.05, 4.69) is 10.3 Å². The zero-order valence-electron chi connectivity index (χ0n) is 14.2. The molecule has 3 aromatic rings. The summed E-state index contributed by atoms with van der Waals surface area (Å²) in [4.78, 5) is 27.3. The SMILES string of the molecule is O=C(N[C@@H](Cc1c[nH]c2ccccc12)C(=O)O)C1CC1c1ccccc1. The molecule has 1 fully saturated rings. The van der Waals surface area contributed by atoms with Crippen LogP contribution < -0.4 is 5.32 Å². The minimum atomic E-state index is -1.01. The van der Waals surface area contributed by atoms with Crippen LogP contribution in [0.3, 0.4) is 0 Å². The predicted molar refractivity (Wildman–Crippen MR) is 98.9 cm³/mol. The molecule has 1 heterocycles. The number of carbonyl (C=O) groups is 2. The van der Waals surface area contributed by atoms with Crippen LogP contribution in [0.4, 0.5) is 0 Å². The number of hydrogen-bond acceptors (Lipinski definition) is 2. The molecule has 5 heteroatoms. The lowest BCUT2D eigenvalue weighted by molar-refractivity contribution is -0.142. The minimum absolute atomic E-state index is 0.137. The summed E-state index contributed by atoms with van der Waals surface area (Å²) in [6, 6.07) is 16.7. The summed E-state index contributed by atoms with van der Waals surface area (Å²) in [5, 5.41) is 13.3. The Hall–Kier alpha value is -3.08. The van der Waals surface area contributed by atoms with Gasteiger partial charge in [-0.15, -0.1) is 0 Å². The quantitative estimate of drug-likeness (QED) is 0.640. The summed E-state index contributed by atoms with van der Waals surface area (Å²) in [7, 11) is 0. The fraction of sp³-hybridized carbons (Fsp3) is 0.238. The molecule has 0 spiro atoms. The van der Waals surface area contributed by atoms with Crippen molar-refractivity contribution in [2.24, 2.45) is 5.92 Å². The number of carbonyl (C=O) groups excluding carboxylic acids is 1. The molecule has 1 saturated carbocycles. The molecule has 0 saturated heterocycles. The third-order valence-corrected chi connectivity index (χ3v) is 5.07. The van der Waals surface area contributed by atoms with Gasteiger partial charge in [0.25, 0.3) is 0 Å². The lowest BCUT2D eigenvalue weighted by Crippen LogP contribution is -2.43. The van der Waals surface area contributed by atoms with Gasteiger partial charge in [0.2, 0.25) is 5.91 Å². The Labute approximate surface area is 151 Å². The molecule has 1 aliphatic carbocycles. The molecule has 3 N–H and O–H groups in total. The maximum absolute atomic E-state index is 12.5. The lowest BCUT2D eigenvalue weighted by Gasteiger charge is -2.14. The normalized spacial score (nSPS) is 19.8. The second-order valence-corrected chi connectivity index (χ2v) is 6.82. The Bertz CT molecular complexity index is 948. The van der Waals surface area contributed by atoms with Crippen molar-refractivity contribution in [3.63, 3.8) is 0 Å². The summed E-state index contributed by atoms with van der Waals surface area (Å²) in [6.45, 7) is 0. The molecule has 3 atom stereocenters. The zero-order chi connectivity index (χ0) is 18.1. The second-order valence-electron chi connectivity index (χ2n) is 6.82. The lowest BCUT2D eigenvalue weighted by atomic mass is 10.0. The first-order chi connectivity index (χ1) is 12.6. The van der Waals surface area contributed by atoms with Gasteiger partial charge >= 0.3 is 5.97 Å². The van der Waals surface area contributed by atoms with Crippen molar-refractivity contribution in [3.8, 4) is 0 Å². The first-order valence-corrected chi connectivity index (χ1v) is 8.76. The highest BCUT2D eigenvalue weighted by molar-refractivity contribution is 5.89. The van der Waals surface area contributed by atoms with E-state index in [4.69, 9.17) is 0 Å². The van der Waals surface area contributed by atoms with Crippen LogP contribution >= 0.6 is 0 Å². The summed E-state index contributed by atoms with van der Waals surface area (Å²) >= 11 is 0. The van der Waals surface area contributed by atoms with Crippen LogP contribution in [0.1, 0.15) is 23.5 Å². The van der Waals surface area contributed by atoms with Gasteiger partial charge in [-0.25, -0.2) is 4.79 Å². The highest BCUT2D eigenvalue weighted by atomic mass is 16.4. The molecule has 0 aliphatic heterocycles. The molecule has 0 radical (unpaired) electrons. The van der Waals surface area contributed by atoms with E-state index in [0.29, 0.717) is 0 Å². The van der Waals surface area contributed by atoms with E-state index < -0.39 is 12.0 Å². The monoisotopic (exact) mass is 348 g/mol. The maximum Gasteiger partial charge on any atom is 0.326 e. The molecule has 26 heavy (non-hydrogen) atoms. The number of fused-ring (bicyclic) bond motifs is 1. The fourth-order valence-electron chi connectivity index (χ4n) is 3.55. The summed E-state index contributed by atoms with van der Waals surface area (Å²) in [5.74, 6) is -1.13. The van der Waals surface area contributed by atoms with Crippen molar-refractivity contribution in [2.45, 2.75) is 24.8 Å². The first-order valence-electron chi connectivity index (χ1n) is 8.76. The number of carboxylic acids is 1. The minimum Gasteiger partial charge on any atom is -0.480 e. The number of hydrogen-bond donors (Lipinski definition) is 3. The number of carboxylic acid groups (broad SMARTS) is 1. The summed E-state index contributed by atoms with van der Waals surface area (Å²) < 4.78 is 0. The Morgan fingerprint density at radius 3 is 2.62 bits per heavy atom. The maximum atomic E-state index is 12.5. The molecule has 2 aromatic carbocycles. The van der Waals surface area contributed by atoms with Gasteiger partial charge in [-0.2, -0.15) is 0 Å². The van der Waals surface area contributed by atoms with E-state index in [9.17, 15) is 14.7 Å². The second kappa shape index (κ2) is 6.67. The van der Waals surface area contributed by atoms with Gasteiger partial charge in [-0.1, -0.05) is 48.5 Å². The molecule has 1 aliphatic rings. The van der Waals surface area contributed by atoms with E-state index in [1.807, 2.05) is 60.8 Å². The molecule has 132 valence electrons. The molecule has 1 amide bonds. The number of para-hydroxylation sites is 1. The van der Waals surface area contributed by atoms with Gasteiger partial charge < -0.3 is 15.4 Å². The number of benzene rings is 2. The van der Waals surface area contributed by atoms with E-state index in [1.54, 1.807) is 0 Å². The fourth-order valence-corrected chi connectivity index (χ4v) is 3.55. The first kappa shape index (κ1) is 16.4. The summed E-state index contributed by atoms with van der Waals surface area (Å²) in [5.41, 5.74) is 2.99. The highest BCUT2D eigenvalue weighted by Gasteiger charge is 2.44. The van der Waals surface area contributed by atoms with Crippen molar-refractivity contribution >= 4 is 22.8 Å². The number of aromatic amines is 1. The van der Waals surface area contributed by atoms with Gasteiger partial charge in [0.1, 0.15) is 6.04 Å². The number of amides is 1. The van der Waals surface area contributed by atoms with Crippen LogP contribution in [0, 0.1) is 5.92 Å². The zero-order valence-corrected chi connectivity index (χ0v) is 14.2. The third-order valence-electron chi connectivity index (χ3n) is 5.07. The molecule has 0 bridgehead atoms. The van der Waals surface area contributed by atoms with E-state index in [-0.39, 0.29) is 24.2 Å². The number of aliphatic carboxylic acids is 1. The topological polar surface area (TPSA) is 82.2 Å². The van der Waals surface area contributed by atoms with Crippen LogP contribution in [0.25, 0.3) is 10.9 Å². The van der Waals surface area contributed by atoms with Crippen molar-refractivity contribution in [1.29, 1.82) is 0 Å². The molecule has 1 aromatic heterocycles. The van der Waals surface area contributed by atoms with Gasteiger partial charge in [0, 0.05) is 29.4 Å². The Balaban J connectivity index is 1.45. The van der Waals surface area contributed by atoms with Crippen molar-refractivity contribution < 1.29 is 14.7 Å². The molecular formula is C21H20N2O3.